The number of hydrogen-bond acceptors (Lipinski definition) is 1. The average molecular weight is 382 g/mol. The normalized spacial score (nSPS) is 10.8. The molecule has 0 aliphatic carbocycles. The number of fused-ring (bicyclic) bond motifs is 1. The van der Waals surface area contributed by atoms with Crippen LogP contribution in [0.4, 0.5) is 0 Å². The Morgan fingerprint density at radius 2 is 1.76 bits per heavy atom. The first-order valence-electron chi connectivity index (χ1n) is 6.38. The van der Waals surface area contributed by atoms with Crippen molar-refractivity contribution < 1.29 is 4.74 Å². The summed E-state index contributed by atoms with van der Waals surface area (Å²) in [4.78, 5) is 0. The fraction of sp³-hybridized carbons (Fsp3) is 0.0588. The van der Waals surface area contributed by atoms with Gasteiger partial charge in [-0.25, -0.2) is 0 Å². The molecule has 0 aliphatic heterocycles. The molecule has 0 spiro atoms. The van der Waals surface area contributed by atoms with Crippen molar-refractivity contribution in [2.75, 3.05) is 0 Å². The maximum Gasteiger partial charge on any atom is 0.142 e. The van der Waals surface area contributed by atoms with Gasteiger partial charge in [0.2, 0.25) is 0 Å². The first kappa shape index (κ1) is 14.7. The Morgan fingerprint density at radius 3 is 2.57 bits per heavy atom. The van der Waals surface area contributed by atoms with Crippen molar-refractivity contribution in [3.05, 3.63) is 69.7 Å². The quantitative estimate of drug-likeness (QED) is 0.454. The van der Waals surface area contributed by atoms with E-state index in [1.54, 1.807) is 6.07 Å². The molecular formula is C17H11BrCl2O. The monoisotopic (exact) mass is 380 g/mol. The first-order valence-corrected chi connectivity index (χ1v) is 8.09. The summed E-state index contributed by atoms with van der Waals surface area (Å²) in [5.74, 6) is 1.79. The lowest BCUT2D eigenvalue weighted by Gasteiger charge is -2.13. The van der Waals surface area contributed by atoms with Gasteiger partial charge in [0.05, 0.1) is 10.4 Å². The number of benzene rings is 3. The Morgan fingerprint density at radius 1 is 0.952 bits per heavy atom. The highest BCUT2D eigenvalue weighted by Gasteiger charge is 2.10. The molecule has 0 N–H and O–H groups in total. The van der Waals surface area contributed by atoms with E-state index in [1.165, 1.54) is 0 Å². The topological polar surface area (TPSA) is 9.23 Å². The van der Waals surface area contributed by atoms with E-state index in [0.717, 1.165) is 26.6 Å². The van der Waals surface area contributed by atoms with E-state index in [9.17, 15) is 0 Å². The van der Waals surface area contributed by atoms with Crippen molar-refractivity contribution in [2.24, 2.45) is 0 Å². The maximum absolute atomic E-state index is 6.04. The molecule has 0 bridgehead atoms. The summed E-state index contributed by atoms with van der Waals surface area (Å²) >= 11 is 15.6. The van der Waals surface area contributed by atoms with Crippen LogP contribution in [0.1, 0.15) is 5.56 Å². The molecule has 3 aromatic rings. The van der Waals surface area contributed by atoms with Gasteiger partial charge in [-0.15, -0.1) is 11.6 Å². The minimum atomic E-state index is 0.373. The van der Waals surface area contributed by atoms with E-state index in [1.807, 2.05) is 42.5 Å². The van der Waals surface area contributed by atoms with Gasteiger partial charge in [0.15, 0.2) is 0 Å². The summed E-state index contributed by atoms with van der Waals surface area (Å²) in [6.45, 7) is 0. The number of halogens is 3. The third-order valence-electron chi connectivity index (χ3n) is 3.22. The summed E-state index contributed by atoms with van der Waals surface area (Å²) < 4.78 is 6.92. The molecule has 21 heavy (non-hydrogen) atoms. The molecule has 0 atom stereocenters. The Labute approximate surface area is 141 Å². The van der Waals surface area contributed by atoms with Crippen LogP contribution in [0, 0.1) is 0 Å². The number of hydrogen-bond donors (Lipinski definition) is 0. The molecule has 4 heteroatoms. The summed E-state index contributed by atoms with van der Waals surface area (Å²) in [5.41, 5.74) is 0.904. The lowest BCUT2D eigenvalue weighted by molar-refractivity contribution is 0.476. The molecule has 0 saturated heterocycles. The summed E-state index contributed by atoms with van der Waals surface area (Å²) in [5, 5.41) is 2.88. The Hall–Kier alpha value is -1.22. The van der Waals surface area contributed by atoms with Gasteiger partial charge in [-0.3, -0.25) is 0 Å². The molecule has 1 nitrogen and oxygen atoms in total. The van der Waals surface area contributed by atoms with Crippen LogP contribution in [-0.4, -0.2) is 0 Å². The van der Waals surface area contributed by atoms with E-state index in [2.05, 4.69) is 22.0 Å². The first-order chi connectivity index (χ1) is 10.2. The minimum Gasteiger partial charge on any atom is -0.456 e. The van der Waals surface area contributed by atoms with Gasteiger partial charge < -0.3 is 4.74 Å². The molecule has 106 valence electrons. The fourth-order valence-electron chi connectivity index (χ4n) is 2.14. The highest BCUT2D eigenvalue weighted by atomic mass is 79.9. The molecular weight excluding hydrogens is 371 g/mol. The van der Waals surface area contributed by atoms with E-state index >= 15 is 0 Å². The lowest BCUT2D eigenvalue weighted by atomic mass is 10.1. The molecule has 3 aromatic carbocycles. The van der Waals surface area contributed by atoms with Crippen molar-refractivity contribution in [3.8, 4) is 11.5 Å². The van der Waals surface area contributed by atoms with Gasteiger partial charge in [0.1, 0.15) is 11.5 Å². The molecule has 0 saturated carbocycles. The average Bonchev–Trinajstić information content (AvgIpc) is 2.51. The van der Waals surface area contributed by atoms with Gasteiger partial charge in [0.25, 0.3) is 0 Å². The zero-order valence-electron chi connectivity index (χ0n) is 10.9. The van der Waals surface area contributed by atoms with Gasteiger partial charge in [0, 0.05) is 10.6 Å². The van der Waals surface area contributed by atoms with Gasteiger partial charge >= 0.3 is 0 Å². The standard InChI is InChI=1S/C17H11BrCl2O/c18-17-14-4-2-1-3-11(14)6-8-15(17)21-16-9-13(20)7-5-12(16)10-19/h1-9H,10H2. The largest absolute Gasteiger partial charge is 0.456 e. The van der Waals surface area contributed by atoms with E-state index in [-0.39, 0.29) is 0 Å². The molecule has 0 heterocycles. The molecule has 0 radical (unpaired) electrons. The Kier molecular flexibility index (Phi) is 4.39. The summed E-state index contributed by atoms with van der Waals surface area (Å²) in [6.07, 6.45) is 0. The van der Waals surface area contributed by atoms with Crippen LogP contribution in [0.15, 0.2) is 59.1 Å². The van der Waals surface area contributed by atoms with Gasteiger partial charge in [-0.1, -0.05) is 48.0 Å². The molecule has 3 rings (SSSR count). The molecule has 0 amide bonds. The zero-order chi connectivity index (χ0) is 14.8. The van der Waals surface area contributed by atoms with Gasteiger partial charge in [-0.2, -0.15) is 0 Å². The number of rotatable bonds is 3. The second kappa shape index (κ2) is 6.27. The van der Waals surface area contributed by atoms with E-state index < -0.39 is 0 Å². The van der Waals surface area contributed by atoms with Crippen LogP contribution in [0.3, 0.4) is 0 Å². The third kappa shape index (κ3) is 3.03. The summed E-state index contributed by atoms with van der Waals surface area (Å²) in [7, 11) is 0. The maximum atomic E-state index is 6.04. The van der Waals surface area contributed by atoms with Gasteiger partial charge in [-0.05, 0) is 44.9 Å². The SMILES string of the molecule is ClCc1ccc(Cl)cc1Oc1ccc2ccccc2c1Br. The smallest absolute Gasteiger partial charge is 0.142 e. The summed E-state index contributed by atoms with van der Waals surface area (Å²) in [6, 6.07) is 17.5. The van der Waals surface area contributed by atoms with Crippen LogP contribution in [-0.2, 0) is 5.88 Å². The Bertz CT molecular complexity index is 802. The van der Waals surface area contributed by atoms with Crippen molar-refractivity contribution in [3.63, 3.8) is 0 Å². The lowest BCUT2D eigenvalue weighted by Crippen LogP contribution is -1.91. The fourth-order valence-corrected chi connectivity index (χ4v) is 3.10. The highest BCUT2D eigenvalue weighted by Crippen LogP contribution is 2.37. The third-order valence-corrected chi connectivity index (χ3v) is 4.56. The van der Waals surface area contributed by atoms with Crippen LogP contribution in [0.25, 0.3) is 10.8 Å². The molecule has 0 aromatic heterocycles. The predicted molar refractivity (Wildman–Crippen MR) is 92.7 cm³/mol. The van der Waals surface area contributed by atoms with Crippen molar-refractivity contribution >= 4 is 49.9 Å². The number of alkyl halides is 1. The van der Waals surface area contributed by atoms with Crippen molar-refractivity contribution in [1.82, 2.24) is 0 Å². The van der Waals surface area contributed by atoms with Crippen molar-refractivity contribution in [2.45, 2.75) is 5.88 Å². The predicted octanol–water partition coefficient (Wildman–Crippen LogP) is 6.79. The minimum absolute atomic E-state index is 0.373. The molecule has 0 fully saturated rings. The molecule has 0 unspecified atom stereocenters. The van der Waals surface area contributed by atoms with E-state index in [4.69, 9.17) is 27.9 Å². The second-order valence-electron chi connectivity index (χ2n) is 4.59. The van der Waals surface area contributed by atoms with E-state index in [0.29, 0.717) is 16.7 Å². The number of ether oxygens (including phenoxy) is 1. The second-order valence-corrected chi connectivity index (χ2v) is 6.08. The zero-order valence-corrected chi connectivity index (χ0v) is 14.0. The van der Waals surface area contributed by atoms with Crippen LogP contribution >= 0.6 is 39.1 Å². The highest BCUT2D eigenvalue weighted by molar-refractivity contribution is 9.10. The van der Waals surface area contributed by atoms with Crippen LogP contribution in [0.2, 0.25) is 5.02 Å². The van der Waals surface area contributed by atoms with Crippen LogP contribution in [0.5, 0.6) is 11.5 Å². The van der Waals surface area contributed by atoms with Crippen molar-refractivity contribution in [1.29, 1.82) is 0 Å². The molecule has 0 aliphatic rings. The van der Waals surface area contributed by atoms with Crippen LogP contribution < -0.4 is 4.74 Å². The Balaban J connectivity index is 2.06.